The van der Waals surface area contributed by atoms with Crippen molar-refractivity contribution in [3.8, 4) is 0 Å². The number of quaternary nitrogens is 1. The van der Waals surface area contributed by atoms with Crippen molar-refractivity contribution >= 4 is 21.6 Å². The van der Waals surface area contributed by atoms with Crippen LogP contribution in [0.4, 0.5) is 5.69 Å². The number of anilines is 1. The molecule has 0 unspecified atom stereocenters. The van der Waals surface area contributed by atoms with Crippen LogP contribution in [0.2, 0.25) is 0 Å². The molecule has 0 aromatic heterocycles. The highest BCUT2D eigenvalue weighted by Crippen LogP contribution is 2.16. The summed E-state index contributed by atoms with van der Waals surface area (Å²) in [6.07, 6.45) is 3.36. The third-order valence-electron chi connectivity index (χ3n) is 5.06. The number of nitrogens with one attached hydrogen (secondary N) is 2. The van der Waals surface area contributed by atoms with E-state index in [2.05, 4.69) is 29.6 Å². The highest BCUT2D eigenvalue weighted by Gasteiger charge is 2.24. The number of rotatable bonds is 6. The third kappa shape index (κ3) is 5.89. The summed E-state index contributed by atoms with van der Waals surface area (Å²) in [6.45, 7) is 2.42. The lowest BCUT2D eigenvalue weighted by molar-refractivity contribution is -0.898. The molecule has 0 radical (unpaired) electrons. The summed E-state index contributed by atoms with van der Waals surface area (Å²) in [5.41, 5.74) is 1.96. The van der Waals surface area contributed by atoms with Crippen molar-refractivity contribution in [2.45, 2.75) is 24.2 Å². The topological polar surface area (TPSA) is 93.7 Å². The van der Waals surface area contributed by atoms with Gasteiger partial charge in [-0.1, -0.05) is 30.3 Å². The van der Waals surface area contributed by atoms with Gasteiger partial charge in [-0.25, -0.2) is 13.6 Å². The van der Waals surface area contributed by atoms with E-state index in [0.29, 0.717) is 18.2 Å². The number of hydrogen-bond donors (Lipinski definition) is 3. The summed E-state index contributed by atoms with van der Waals surface area (Å²) in [5.74, 6) is 0.625. The molecule has 0 atom stereocenters. The molecule has 0 spiro atoms. The van der Waals surface area contributed by atoms with Gasteiger partial charge in [0.05, 0.1) is 18.0 Å². The van der Waals surface area contributed by atoms with Gasteiger partial charge in [0.15, 0.2) is 6.54 Å². The molecule has 144 valence electrons. The lowest BCUT2D eigenvalue weighted by Crippen LogP contribution is -3.14. The summed E-state index contributed by atoms with van der Waals surface area (Å²) in [6, 6.07) is 16.4. The van der Waals surface area contributed by atoms with Crippen molar-refractivity contribution in [3.05, 3.63) is 60.2 Å². The van der Waals surface area contributed by atoms with Crippen molar-refractivity contribution < 1.29 is 18.1 Å². The monoisotopic (exact) mass is 388 g/mol. The Morgan fingerprint density at radius 1 is 1.04 bits per heavy atom. The number of likely N-dealkylation sites (tertiary alicyclic amines) is 1. The Balaban J connectivity index is 1.44. The van der Waals surface area contributed by atoms with E-state index in [9.17, 15) is 13.2 Å². The lowest BCUT2D eigenvalue weighted by atomic mass is 9.90. The molecular formula is C20H26N3O3S+. The summed E-state index contributed by atoms with van der Waals surface area (Å²) in [5, 5.41) is 7.90. The number of nitrogens with two attached hydrogens (primary N) is 1. The van der Waals surface area contributed by atoms with E-state index in [1.54, 1.807) is 12.1 Å². The van der Waals surface area contributed by atoms with E-state index >= 15 is 0 Å². The second-order valence-electron chi connectivity index (χ2n) is 7.18. The Morgan fingerprint density at radius 2 is 1.67 bits per heavy atom. The second-order valence-corrected chi connectivity index (χ2v) is 8.74. The highest BCUT2D eigenvalue weighted by atomic mass is 32.2. The van der Waals surface area contributed by atoms with Crippen molar-refractivity contribution in [2.75, 3.05) is 25.0 Å². The summed E-state index contributed by atoms with van der Waals surface area (Å²) >= 11 is 0. The fraction of sp³-hybridized carbons (Fsp3) is 0.350. The molecule has 6 nitrogen and oxygen atoms in total. The van der Waals surface area contributed by atoms with Gasteiger partial charge in [-0.3, -0.25) is 4.79 Å². The standard InChI is InChI=1S/C20H25N3O3S/c21-27(25,26)19-8-6-18(7-9-19)22-20(24)15-23-12-10-17(11-13-23)14-16-4-2-1-3-5-16/h1-9,17H,10-15H2,(H,22,24)(H2,21,25,26)/p+1. The fourth-order valence-electron chi connectivity index (χ4n) is 3.57. The summed E-state index contributed by atoms with van der Waals surface area (Å²) < 4.78 is 22.5. The predicted octanol–water partition coefficient (Wildman–Crippen LogP) is 0.810. The molecule has 1 fully saturated rings. The van der Waals surface area contributed by atoms with E-state index in [1.165, 1.54) is 22.6 Å². The summed E-state index contributed by atoms with van der Waals surface area (Å²) in [7, 11) is -3.72. The van der Waals surface area contributed by atoms with Crippen molar-refractivity contribution in [1.82, 2.24) is 0 Å². The van der Waals surface area contributed by atoms with E-state index in [1.807, 2.05) is 6.07 Å². The maximum atomic E-state index is 12.3. The first-order chi connectivity index (χ1) is 12.9. The molecule has 0 bridgehead atoms. The van der Waals surface area contributed by atoms with Crippen LogP contribution >= 0.6 is 0 Å². The molecule has 2 aromatic rings. The molecule has 4 N–H and O–H groups in total. The molecule has 0 aliphatic carbocycles. The zero-order chi connectivity index (χ0) is 19.3. The Hall–Kier alpha value is -2.22. The fourth-order valence-corrected chi connectivity index (χ4v) is 4.09. The first kappa shape index (κ1) is 19.5. The summed E-state index contributed by atoms with van der Waals surface area (Å²) in [4.78, 5) is 13.6. The Labute approximate surface area is 160 Å². The largest absolute Gasteiger partial charge is 0.327 e. The minimum atomic E-state index is -3.72. The maximum Gasteiger partial charge on any atom is 0.279 e. The zero-order valence-corrected chi connectivity index (χ0v) is 16.0. The number of carbonyl (C=O) groups is 1. The number of piperidine rings is 1. The molecule has 1 amide bonds. The average molecular weight is 389 g/mol. The molecule has 1 aliphatic rings. The number of benzene rings is 2. The Morgan fingerprint density at radius 3 is 2.26 bits per heavy atom. The van der Waals surface area contributed by atoms with Gasteiger partial charge in [0.25, 0.3) is 5.91 Å². The van der Waals surface area contributed by atoms with Gasteiger partial charge >= 0.3 is 0 Å². The highest BCUT2D eigenvalue weighted by molar-refractivity contribution is 7.89. The molecular weight excluding hydrogens is 362 g/mol. The first-order valence-electron chi connectivity index (χ1n) is 9.20. The molecule has 27 heavy (non-hydrogen) atoms. The van der Waals surface area contributed by atoms with Crippen molar-refractivity contribution in [1.29, 1.82) is 0 Å². The van der Waals surface area contributed by atoms with Crippen LogP contribution in [0.15, 0.2) is 59.5 Å². The van der Waals surface area contributed by atoms with Crippen LogP contribution in [0.25, 0.3) is 0 Å². The van der Waals surface area contributed by atoms with E-state index < -0.39 is 10.0 Å². The van der Waals surface area contributed by atoms with Crippen LogP contribution in [-0.2, 0) is 21.2 Å². The minimum absolute atomic E-state index is 0.0339. The van der Waals surface area contributed by atoms with Crippen LogP contribution < -0.4 is 15.4 Å². The van der Waals surface area contributed by atoms with Gasteiger partial charge in [0.1, 0.15) is 0 Å². The lowest BCUT2D eigenvalue weighted by Gasteiger charge is -2.29. The van der Waals surface area contributed by atoms with Gasteiger partial charge in [0.2, 0.25) is 10.0 Å². The van der Waals surface area contributed by atoms with E-state index in [-0.39, 0.29) is 10.8 Å². The number of carbonyl (C=O) groups excluding carboxylic acids is 1. The molecule has 7 heteroatoms. The molecule has 0 saturated carbocycles. The minimum Gasteiger partial charge on any atom is -0.327 e. The number of primary sulfonamides is 1. The number of hydrogen-bond acceptors (Lipinski definition) is 3. The van der Waals surface area contributed by atoms with E-state index in [0.717, 1.165) is 32.4 Å². The van der Waals surface area contributed by atoms with Gasteiger partial charge in [-0.2, -0.15) is 0 Å². The van der Waals surface area contributed by atoms with Crippen LogP contribution in [0.5, 0.6) is 0 Å². The molecule has 1 aliphatic heterocycles. The average Bonchev–Trinajstić information content (AvgIpc) is 2.64. The quantitative estimate of drug-likeness (QED) is 0.684. The van der Waals surface area contributed by atoms with Crippen LogP contribution in [0.1, 0.15) is 18.4 Å². The Kier molecular flexibility index (Phi) is 6.26. The van der Waals surface area contributed by atoms with Gasteiger partial charge in [-0.15, -0.1) is 0 Å². The molecule has 1 saturated heterocycles. The molecule has 1 heterocycles. The zero-order valence-electron chi connectivity index (χ0n) is 15.2. The van der Waals surface area contributed by atoms with Crippen LogP contribution in [-0.4, -0.2) is 34.0 Å². The van der Waals surface area contributed by atoms with Gasteiger partial charge in [0, 0.05) is 5.69 Å². The smallest absolute Gasteiger partial charge is 0.279 e. The predicted molar refractivity (Wildman–Crippen MR) is 105 cm³/mol. The van der Waals surface area contributed by atoms with Crippen molar-refractivity contribution in [3.63, 3.8) is 0 Å². The number of sulfonamides is 1. The maximum absolute atomic E-state index is 12.3. The third-order valence-corrected chi connectivity index (χ3v) is 5.99. The van der Waals surface area contributed by atoms with Crippen LogP contribution in [0.3, 0.4) is 0 Å². The molecule has 2 aromatic carbocycles. The van der Waals surface area contributed by atoms with E-state index in [4.69, 9.17) is 5.14 Å². The van der Waals surface area contributed by atoms with Gasteiger partial charge < -0.3 is 10.2 Å². The molecule has 3 rings (SSSR count). The normalized spacial score (nSPS) is 20.2. The van der Waals surface area contributed by atoms with Crippen LogP contribution in [0, 0.1) is 5.92 Å². The Bertz CT molecular complexity index is 859. The first-order valence-corrected chi connectivity index (χ1v) is 10.7. The van der Waals surface area contributed by atoms with Crippen molar-refractivity contribution in [2.24, 2.45) is 11.1 Å². The number of amides is 1. The SMILES string of the molecule is NS(=O)(=O)c1ccc(NC(=O)C[NH+]2CCC(Cc3ccccc3)CC2)cc1. The second kappa shape index (κ2) is 8.65. The van der Waals surface area contributed by atoms with Gasteiger partial charge in [-0.05, 0) is 55.0 Å².